The van der Waals surface area contributed by atoms with Gasteiger partial charge in [0.05, 0.1) is 19.1 Å². The van der Waals surface area contributed by atoms with Crippen LogP contribution in [0.25, 0.3) is 0 Å². The molecule has 1 aliphatic carbocycles. The quantitative estimate of drug-likeness (QED) is 0.838. The van der Waals surface area contributed by atoms with E-state index in [1.807, 2.05) is 0 Å². The number of esters is 1. The highest BCUT2D eigenvalue weighted by Crippen LogP contribution is 2.45. The second-order valence-corrected chi connectivity index (χ2v) is 6.08. The number of Topliss-reactive ketones (excluding diaryl/α,β-unsaturated/α-hetero) is 2. The summed E-state index contributed by atoms with van der Waals surface area (Å²) in [4.78, 5) is 37.9. The van der Waals surface area contributed by atoms with Crippen molar-refractivity contribution >= 4 is 17.5 Å². The van der Waals surface area contributed by atoms with Crippen LogP contribution in [-0.4, -0.2) is 29.8 Å². The number of ether oxygens (including phenoxy) is 2. The van der Waals surface area contributed by atoms with Crippen LogP contribution in [0.2, 0.25) is 0 Å². The average molecular weight is 350 g/mol. The second kappa shape index (κ2) is 5.84. The third-order valence-electron chi connectivity index (χ3n) is 4.67. The minimum atomic E-state index is -0.786. The molecule has 0 bridgehead atoms. The number of carbonyl (C=O) groups excluding carboxylic acids is 3. The van der Waals surface area contributed by atoms with Gasteiger partial charge in [0, 0.05) is 22.6 Å². The summed E-state index contributed by atoms with van der Waals surface area (Å²) < 4.78 is 10.2. The fourth-order valence-corrected chi connectivity index (χ4v) is 3.46. The minimum absolute atomic E-state index is 0.0943. The fraction of sp³-hybridized carbons (Fsp3) is 0.150. The number of carbonyl (C=O) groups is 3. The van der Waals surface area contributed by atoms with Crippen LogP contribution in [0.5, 0.6) is 11.5 Å². The Labute approximate surface area is 148 Å². The lowest BCUT2D eigenvalue weighted by molar-refractivity contribution is -0.140. The van der Waals surface area contributed by atoms with Gasteiger partial charge in [-0.2, -0.15) is 0 Å². The van der Waals surface area contributed by atoms with Gasteiger partial charge in [-0.1, -0.05) is 36.4 Å². The molecular formula is C20H14O6. The van der Waals surface area contributed by atoms with Gasteiger partial charge in [0.2, 0.25) is 5.78 Å². The third kappa shape index (κ3) is 2.23. The minimum Gasteiger partial charge on any atom is -0.504 e. The van der Waals surface area contributed by atoms with Gasteiger partial charge in [0.25, 0.3) is 0 Å². The van der Waals surface area contributed by atoms with E-state index in [1.54, 1.807) is 36.4 Å². The van der Waals surface area contributed by atoms with Crippen LogP contribution in [0.3, 0.4) is 0 Å². The molecule has 1 N–H and O–H groups in total. The molecule has 0 radical (unpaired) electrons. The van der Waals surface area contributed by atoms with Crippen molar-refractivity contribution in [1.29, 1.82) is 0 Å². The first-order chi connectivity index (χ1) is 12.5. The summed E-state index contributed by atoms with van der Waals surface area (Å²) in [5, 5.41) is 10.5. The van der Waals surface area contributed by atoms with Gasteiger partial charge in [-0.3, -0.25) is 14.4 Å². The summed E-state index contributed by atoms with van der Waals surface area (Å²) in [5.41, 5.74) is 0.909. The molecule has 130 valence electrons. The van der Waals surface area contributed by atoms with Gasteiger partial charge in [-0.15, -0.1) is 0 Å². The molecule has 0 aromatic heterocycles. The molecule has 0 amide bonds. The highest BCUT2D eigenvalue weighted by atomic mass is 16.5. The Balaban J connectivity index is 1.93. The Kier molecular flexibility index (Phi) is 3.61. The fourth-order valence-electron chi connectivity index (χ4n) is 3.46. The predicted molar refractivity (Wildman–Crippen MR) is 90.2 cm³/mol. The van der Waals surface area contributed by atoms with Crippen molar-refractivity contribution < 1.29 is 29.0 Å². The molecule has 0 saturated heterocycles. The van der Waals surface area contributed by atoms with E-state index in [-0.39, 0.29) is 46.2 Å². The van der Waals surface area contributed by atoms with Crippen molar-refractivity contribution in [2.75, 3.05) is 7.11 Å². The van der Waals surface area contributed by atoms with Crippen LogP contribution in [-0.2, 0) is 9.53 Å². The number of hydrogen-bond donors (Lipinski definition) is 1. The number of fused-ring (bicyclic) bond motifs is 1. The van der Waals surface area contributed by atoms with E-state index in [9.17, 15) is 19.5 Å². The molecule has 1 heterocycles. The topological polar surface area (TPSA) is 89.9 Å². The van der Waals surface area contributed by atoms with E-state index in [1.165, 1.54) is 13.2 Å². The normalized spacial score (nSPS) is 19.0. The largest absolute Gasteiger partial charge is 0.504 e. The van der Waals surface area contributed by atoms with E-state index in [2.05, 4.69) is 0 Å². The number of aromatic hydroxyl groups is 1. The summed E-state index contributed by atoms with van der Waals surface area (Å²) in [6.07, 6.45) is -0.152. The number of methoxy groups -OCH3 is 1. The number of rotatable bonds is 2. The Morgan fingerprint density at radius 2 is 1.69 bits per heavy atom. The molecule has 0 spiro atoms. The van der Waals surface area contributed by atoms with Crippen LogP contribution in [0.15, 0.2) is 53.8 Å². The standard InChI is InChI=1S/C20H14O6/c1-25-14-8-4-7-12(17(14)22)13-9-15(21)26-20-16(13)18(23)10-5-2-3-6-11(10)19(20)24/h2-8,13,22H,9H2,1H3. The lowest BCUT2D eigenvalue weighted by Gasteiger charge is -2.30. The molecule has 1 unspecified atom stereocenters. The first kappa shape index (κ1) is 16.1. The Morgan fingerprint density at radius 1 is 1.00 bits per heavy atom. The number of para-hydroxylation sites is 1. The zero-order valence-electron chi connectivity index (χ0n) is 13.8. The van der Waals surface area contributed by atoms with E-state index in [0.29, 0.717) is 5.56 Å². The zero-order chi connectivity index (χ0) is 18.4. The van der Waals surface area contributed by atoms with Crippen molar-refractivity contribution in [3.05, 3.63) is 70.5 Å². The maximum Gasteiger partial charge on any atom is 0.312 e. The third-order valence-corrected chi connectivity index (χ3v) is 4.67. The molecule has 2 aromatic carbocycles. The molecule has 1 atom stereocenters. The Morgan fingerprint density at radius 3 is 2.38 bits per heavy atom. The van der Waals surface area contributed by atoms with Crippen LogP contribution in [0.4, 0.5) is 0 Å². The van der Waals surface area contributed by atoms with Crippen molar-refractivity contribution in [3.8, 4) is 11.5 Å². The molecule has 4 rings (SSSR count). The van der Waals surface area contributed by atoms with E-state index >= 15 is 0 Å². The number of ketones is 2. The van der Waals surface area contributed by atoms with Crippen LogP contribution >= 0.6 is 0 Å². The van der Waals surface area contributed by atoms with Gasteiger partial charge in [0.15, 0.2) is 23.0 Å². The van der Waals surface area contributed by atoms with E-state index < -0.39 is 17.7 Å². The van der Waals surface area contributed by atoms with Crippen LogP contribution in [0.1, 0.15) is 38.6 Å². The highest BCUT2D eigenvalue weighted by Gasteiger charge is 2.43. The molecule has 6 nitrogen and oxygen atoms in total. The summed E-state index contributed by atoms with van der Waals surface area (Å²) in [5.74, 6) is -2.50. The molecule has 2 aliphatic rings. The summed E-state index contributed by atoms with van der Waals surface area (Å²) in [6, 6.07) is 11.2. The second-order valence-electron chi connectivity index (χ2n) is 6.08. The van der Waals surface area contributed by atoms with Crippen LogP contribution < -0.4 is 4.74 Å². The first-order valence-corrected chi connectivity index (χ1v) is 8.02. The smallest absolute Gasteiger partial charge is 0.312 e. The molecule has 1 aliphatic heterocycles. The van der Waals surface area contributed by atoms with Gasteiger partial charge in [-0.25, -0.2) is 0 Å². The average Bonchev–Trinajstić information content (AvgIpc) is 2.65. The van der Waals surface area contributed by atoms with Gasteiger partial charge in [-0.05, 0) is 6.07 Å². The Hall–Kier alpha value is -3.41. The lowest BCUT2D eigenvalue weighted by atomic mass is 9.76. The van der Waals surface area contributed by atoms with Gasteiger partial charge < -0.3 is 14.6 Å². The molecular weight excluding hydrogens is 336 g/mol. The zero-order valence-corrected chi connectivity index (χ0v) is 13.8. The number of phenolic OH excluding ortho intramolecular Hbond substituents is 1. The lowest BCUT2D eigenvalue weighted by Crippen LogP contribution is -2.32. The summed E-state index contributed by atoms with van der Waals surface area (Å²) >= 11 is 0. The van der Waals surface area contributed by atoms with Crippen molar-refractivity contribution in [2.45, 2.75) is 12.3 Å². The number of hydrogen-bond acceptors (Lipinski definition) is 6. The maximum absolute atomic E-state index is 13.0. The van der Waals surface area contributed by atoms with E-state index in [0.717, 1.165) is 0 Å². The monoisotopic (exact) mass is 350 g/mol. The predicted octanol–water partition coefficient (Wildman–Crippen LogP) is 2.76. The molecule has 0 fully saturated rings. The molecule has 2 aromatic rings. The SMILES string of the molecule is COc1cccc(C2CC(=O)OC3=C2C(=O)c2ccccc2C3=O)c1O. The number of benzene rings is 2. The molecule has 26 heavy (non-hydrogen) atoms. The van der Waals surface area contributed by atoms with E-state index in [4.69, 9.17) is 9.47 Å². The van der Waals surface area contributed by atoms with Crippen molar-refractivity contribution in [1.82, 2.24) is 0 Å². The number of phenols is 1. The molecule has 6 heteroatoms. The van der Waals surface area contributed by atoms with Gasteiger partial charge >= 0.3 is 5.97 Å². The number of allylic oxidation sites excluding steroid dienone is 2. The maximum atomic E-state index is 13.0. The van der Waals surface area contributed by atoms with Crippen LogP contribution in [0, 0.1) is 0 Å². The Bertz CT molecular complexity index is 1000. The van der Waals surface area contributed by atoms with Crippen molar-refractivity contribution in [3.63, 3.8) is 0 Å². The van der Waals surface area contributed by atoms with Gasteiger partial charge in [0.1, 0.15) is 0 Å². The molecule has 0 saturated carbocycles. The highest BCUT2D eigenvalue weighted by molar-refractivity contribution is 6.27. The summed E-state index contributed by atoms with van der Waals surface area (Å²) in [6.45, 7) is 0. The van der Waals surface area contributed by atoms with Crippen molar-refractivity contribution in [2.24, 2.45) is 0 Å². The summed E-state index contributed by atoms with van der Waals surface area (Å²) in [7, 11) is 1.41. The first-order valence-electron chi connectivity index (χ1n) is 8.02.